The van der Waals surface area contributed by atoms with Gasteiger partial charge in [0.25, 0.3) is 5.91 Å². The first kappa shape index (κ1) is 21.8. The number of benzene rings is 2. The minimum Gasteiger partial charge on any atom is -0.466 e. The maximum Gasteiger partial charge on any atom is 0.309 e. The van der Waals surface area contributed by atoms with Gasteiger partial charge in [-0.1, -0.05) is 42.5 Å². The van der Waals surface area contributed by atoms with Gasteiger partial charge in [-0.3, -0.25) is 9.59 Å². The lowest BCUT2D eigenvalue weighted by Crippen LogP contribution is -2.40. The highest BCUT2D eigenvalue weighted by molar-refractivity contribution is 5.97. The van der Waals surface area contributed by atoms with Crippen molar-refractivity contribution in [3.05, 3.63) is 77.7 Å². The minimum absolute atomic E-state index is 0.0999. The quantitative estimate of drug-likeness (QED) is 0.531. The van der Waals surface area contributed by atoms with Crippen LogP contribution < -0.4 is 0 Å². The summed E-state index contributed by atoms with van der Waals surface area (Å²) in [5.74, 6) is -0.800. The number of likely N-dealkylation sites (tertiary alicyclic amines) is 1. The first-order chi connectivity index (χ1) is 15.5. The Kier molecular flexibility index (Phi) is 6.40. The number of carbonyl (C=O) groups is 2. The number of hydrogen-bond acceptors (Lipinski definition) is 3. The maximum absolute atomic E-state index is 14.7. The van der Waals surface area contributed by atoms with Gasteiger partial charge < -0.3 is 14.2 Å². The molecular formula is C26H27FN2O3. The second-order valence-electron chi connectivity index (χ2n) is 8.00. The van der Waals surface area contributed by atoms with Crippen molar-refractivity contribution in [2.24, 2.45) is 5.92 Å². The average molecular weight is 435 g/mol. The van der Waals surface area contributed by atoms with Gasteiger partial charge >= 0.3 is 5.97 Å². The lowest BCUT2D eigenvalue weighted by atomic mass is 9.96. The zero-order valence-electron chi connectivity index (χ0n) is 18.4. The molecule has 6 heteroatoms. The van der Waals surface area contributed by atoms with Gasteiger partial charge in [0.2, 0.25) is 0 Å². The van der Waals surface area contributed by atoms with Gasteiger partial charge in [0, 0.05) is 18.8 Å². The highest BCUT2D eigenvalue weighted by atomic mass is 19.1. The molecule has 5 nitrogen and oxygen atoms in total. The van der Waals surface area contributed by atoms with Gasteiger partial charge in [0.1, 0.15) is 5.82 Å². The molecule has 166 valence electrons. The first-order valence-electron chi connectivity index (χ1n) is 11.0. The zero-order valence-corrected chi connectivity index (χ0v) is 18.4. The van der Waals surface area contributed by atoms with Crippen molar-refractivity contribution in [1.82, 2.24) is 9.47 Å². The predicted octanol–water partition coefficient (Wildman–Crippen LogP) is 5.01. The monoisotopic (exact) mass is 434 g/mol. The largest absolute Gasteiger partial charge is 0.466 e. The standard InChI is InChI=1S/C26H27FN2O3/c1-3-32-26(31)20-13-15-28(16-14-20)25(30)21-17-24(19-9-5-4-6-10-19)29(18(21)2)23-12-8-7-11-22(23)27/h4-12,17,20H,3,13-16H2,1-2H3. The lowest BCUT2D eigenvalue weighted by molar-refractivity contribution is -0.149. The van der Waals surface area contributed by atoms with Crippen LogP contribution in [0.5, 0.6) is 0 Å². The van der Waals surface area contributed by atoms with Crippen molar-refractivity contribution in [3.63, 3.8) is 0 Å². The number of hydrogen-bond donors (Lipinski definition) is 0. The number of esters is 1. The molecule has 0 aliphatic carbocycles. The lowest BCUT2D eigenvalue weighted by Gasteiger charge is -2.31. The smallest absolute Gasteiger partial charge is 0.309 e. The van der Waals surface area contributed by atoms with Gasteiger partial charge in [-0.2, -0.15) is 0 Å². The van der Waals surface area contributed by atoms with Gasteiger partial charge in [-0.15, -0.1) is 0 Å². The third kappa shape index (κ3) is 4.17. The Bertz CT molecular complexity index is 1120. The summed E-state index contributed by atoms with van der Waals surface area (Å²) >= 11 is 0. The van der Waals surface area contributed by atoms with E-state index in [2.05, 4.69) is 0 Å². The van der Waals surface area contributed by atoms with Crippen molar-refractivity contribution in [3.8, 4) is 16.9 Å². The molecule has 0 unspecified atom stereocenters. The molecule has 1 aliphatic heterocycles. The van der Waals surface area contributed by atoms with E-state index >= 15 is 0 Å². The molecule has 32 heavy (non-hydrogen) atoms. The number of carbonyl (C=O) groups excluding carboxylic acids is 2. The van der Waals surface area contributed by atoms with Crippen LogP contribution in [-0.2, 0) is 9.53 Å². The van der Waals surface area contributed by atoms with Crippen molar-refractivity contribution < 1.29 is 18.7 Å². The molecule has 1 aliphatic rings. The normalized spacial score (nSPS) is 14.4. The Morgan fingerprint density at radius 2 is 1.69 bits per heavy atom. The summed E-state index contributed by atoms with van der Waals surface area (Å²) < 4.78 is 21.7. The van der Waals surface area contributed by atoms with Crippen molar-refractivity contribution in [2.45, 2.75) is 26.7 Å². The molecule has 0 radical (unpaired) electrons. The van der Waals surface area contributed by atoms with Crippen LogP contribution in [0.1, 0.15) is 35.8 Å². The molecule has 4 rings (SSSR count). The van der Waals surface area contributed by atoms with Crippen molar-refractivity contribution in [1.29, 1.82) is 0 Å². The van der Waals surface area contributed by atoms with E-state index in [9.17, 15) is 14.0 Å². The molecule has 1 saturated heterocycles. The zero-order chi connectivity index (χ0) is 22.7. The van der Waals surface area contributed by atoms with Gasteiger partial charge in [-0.25, -0.2) is 4.39 Å². The Labute approximate surface area is 187 Å². The van der Waals surface area contributed by atoms with Crippen LogP contribution in [0.25, 0.3) is 16.9 Å². The van der Waals surface area contributed by atoms with Gasteiger partial charge in [-0.05, 0) is 50.5 Å². The SMILES string of the molecule is CCOC(=O)C1CCN(C(=O)c2cc(-c3ccccc3)n(-c3ccccc3F)c2C)CC1. The molecule has 1 aromatic heterocycles. The summed E-state index contributed by atoms with van der Waals surface area (Å²) in [6.07, 6.45) is 1.17. The van der Waals surface area contributed by atoms with E-state index < -0.39 is 0 Å². The summed E-state index contributed by atoms with van der Waals surface area (Å²) in [4.78, 5) is 27.2. The third-order valence-corrected chi connectivity index (χ3v) is 6.04. The van der Waals surface area contributed by atoms with Crippen LogP contribution in [0, 0.1) is 18.7 Å². The number of piperidine rings is 1. The number of amides is 1. The van der Waals surface area contributed by atoms with Gasteiger partial charge in [0.15, 0.2) is 0 Å². The predicted molar refractivity (Wildman–Crippen MR) is 121 cm³/mol. The number of nitrogens with zero attached hydrogens (tertiary/aromatic N) is 2. The average Bonchev–Trinajstić information content (AvgIpc) is 3.16. The Balaban J connectivity index is 1.68. The molecular weight excluding hydrogens is 407 g/mol. The molecule has 1 amide bonds. The number of para-hydroxylation sites is 1. The van der Waals surface area contributed by atoms with Gasteiger partial charge in [0.05, 0.1) is 29.5 Å². The van der Waals surface area contributed by atoms with E-state index in [0.29, 0.717) is 49.5 Å². The first-order valence-corrected chi connectivity index (χ1v) is 11.0. The fraction of sp³-hybridized carbons (Fsp3) is 0.308. The van der Waals surface area contributed by atoms with E-state index in [-0.39, 0.29) is 23.6 Å². The number of ether oxygens (including phenoxy) is 1. The molecule has 3 aromatic rings. The number of rotatable bonds is 5. The van der Waals surface area contributed by atoms with E-state index in [1.165, 1.54) is 6.07 Å². The summed E-state index contributed by atoms with van der Waals surface area (Å²) in [5.41, 5.74) is 3.30. The molecule has 0 saturated carbocycles. The summed E-state index contributed by atoms with van der Waals surface area (Å²) in [7, 11) is 0. The highest BCUT2D eigenvalue weighted by Crippen LogP contribution is 2.32. The Morgan fingerprint density at radius 1 is 1.03 bits per heavy atom. The van der Waals surface area contributed by atoms with Crippen LogP contribution in [0.3, 0.4) is 0 Å². The molecule has 2 heterocycles. The van der Waals surface area contributed by atoms with E-state index in [4.69, 9.17) is 4.74 Å². The summed E-state index contributed by atoms with van der Waals surface area (Å²) in [5, 5.41) is 0. The van der Waals surface area contributed by atoms with Crippen molar-refractivity contribution >= 4 is 11.9 Å². The van der Waals surface area contributed by atoms with E-state index in [0.717, 1.165) is 11.3 Å². The van der Waals surface area contributed by atoms with Crippen LogP contribution in [0.4, 0.5) is 4.39 Å². The molecule has 0 N–H and O–H groups in total. The molecule has 0 atom stereocenters. The third-order valence-electron chi connectivity index (χ3n) is 6.04. The molecule has 0 bridgehead atoms. The number of aromatic nitrogens is 1. The van der Waals surface area contributed by atoms with Crippen LogP contribution in [0.2, 0.25) is 0 Å². The Hall–Kier alpha value is -3.41. The van der Waals surface area contributed by atoms with Crippen LogP contribution in [-0.4, -0.2) is 41.0 Å². The minimum atomic E-state index is -0.349. The molecule has 1 fully saturated rings. The topological polar surface area (TPSA) is 51.5 Å². The maximum atomic E-state index is 14.7. The highest BCUT2D eigenvalue weighted by Gasteiger charge is 2.30. The van der Waals surface area contributed by atoms with Crippen molar-refractivity contribution in [2.75, 3.05) is 19.7 Å². The molecule has 2 aromatic carbocycles. The van der Waals surface area contributed by atoms with E-state index in [1.54, 1.807) is 30.0 Å². The second-order valence-corrected chi connectivity index (χ2v) is 8.00. The number of halogens is 1. The fourth-order valence-corrected chi connectivity index (χ4v) is 4.34. The Morgan fingerprint density at radius 3 is 2.34 bits per heavy atom. The summed E-state index contributed by atoms with van der Waals surface area (Å²) in [6.45, 7) is 4.99. The van der Waals surface area contributed by atoms with Crippen LogP contribution >= 0.6 is 0 Å². The van der Waals surface area contributed by atoms with Crippen LogP contribution in [0.15, 0.2) is 60.7 Å². The second kappa shape index (κ2) is 9.39. The van der Waals surface area contributed by atoms with E-state index in [1.807, 2.05) is 47.9 Å². The fourth-order valence-electron chi connectivity index (χ4n) is 4.34. The molecule has 0 spiro atoms. The summed E-state index contributed by atoms with van der Waals surface area (Å²) in [6, 6.07) is 18.1.